The van der Waals surface area contributed by atoms with Gasteiger partial charge in [0, 0.05) is 22.5 Å². The molecule has 1 nitrogen and oxygen atoms in total. The molecule has 0 radical (unpaired) electrons. The first-order valence-electron chi connectivity index (χ1n) is 22.8. The highest BCUT2D eigenvalue weighted by atomic mass is 15.1. The van der Waals surface area contributed by atoms with Crippen molar-refractivity contribution in [1.82, 2.24) is 0 Å². The number of hydrogen-bond acceptors (Lipinski definition) is 1. The van der Waals surface area contributed by atoms with E-state index in [1.54, 1.807) is 0 Å². The van der Waals surface area contributed by atoms with Gasteiger partial charge < -0.3 is 4.90 Å². The van der Waals surface area contributed by atoms with E-state index in [0.29, 0.717) is 0 Å². The Bertz CT molecular complexity index is 3440. The van der Waals surface area contributed by atoms with Crippen molar-refractivity contribution in [2.24, 2.45) is 0 Å². The normalized spacial score (nSPS) is 13.9. The van der Waals surface area contributed by atoms with Crippen LogP contribution in [0.15, 0.2) is 237 Å². The van der Waals surface area contributed by atoms with E-state index in [2.05, 4.69) is 255 Å². The summed E-state index contributed by atoms with van der Waals surface area (Å²) in [6.07, 6.45) is 0. The van der Waals surface area contributed by atoms with E-state index in [0.717, 1.165) is 17.1 Å². The average molecular weight is 828 g/mol. The molecule has 0 amide bonds. The van der Waals surface area contributed by atoms with Crippen molar-refractivity contribution in [3.8, 4) is 66.8 Å². The van der Waals surface area contributed by atoms with Crippen molar-refractivity contribution in [3.05, 3.63) is 270 Å². The molecule has 0 atom stereocenters. The van der Waals surface area contributed by atoms with E-state index in [4.69, 9.17) is 0 Å². The highest BCUT2D eigenvalue weighted by molar-refractivity contribution is 6.01. The highest BCUT2D eigenvalue weighted by Gasteiger charge is 2.52. The zero-order chi connectivity index (χ0) is 43.3. The van der Waals surface area contributed by atoms with E-state index in [-0.39, 0.29) is 5.41 Å². The molecule has 1 heteroatoms. The van der Waals surface area contributed by atoms with E-state index < -0.39 is 5.41 Å². The van der Waals surface area contributed by atoms with Crippen LogP contribution >= 0.6 is 0 Å². The SMILES string of the molecule is CC1(C)c2cc(-c3ccccc3)ccc2-c2ccc(N(c3ccc(-c4ccccc4)cc3)c3ccc4c(c3)C3(c5ccccc5-c5ccccc53)c3cccc(-c5ccccc5)c3-4)cc21. The minimum Gasteiger partial charge on any atom is -0.310 e. The Morgan fingerprint density at radius 2 is 0.677 bits per heavy atom. The minimum absolute atomic E-state index is 0.205. The summed E-state index contributed by atoms with van der Waals surface area (Å²) >= 11 is 0. The third-order valence-electron chi connectivity index (χ3n) is 14.7. The van der Waals surface area contributed by atoms with Crippen LogP contribution in [-0.4, -0.2) is 0 Å². The maximum atomic E-state index is 2.52. The second-order valence-corrected chi connectivity index (χ2v) is 18.4. The summed E-state index contributed by atoms with van der Waals surface area (Å²) in [5, 5.41) is 0. The van der Waals surface area contributed by atoms with Crippen LogP contribution in [0, 0.1) is 0 Å². The summed E-state index contributed by atoms with van der Waals surface area (Å²) in [5.74, 6) is 0. The van der Waals surface area contributed by atoms with E-state index in [1.165, 1.54) is 100 Å². The Labute approximate surface area is 381 Å². The summed E-state index contributed by atoms with van der Waals surface area (Å²) in [6, 6.07) is 88.2. The maximum absolute atomic E-state index is 2.52. The molecular formula is C64H45N. The smallest absolute Gasteiger partial charge is 0.0726 e. The number of rotatable bonds is 6. The first-order chi connectivity index (χ1) is 32.0. The fourth-order valence-electron chi connectivity index (χ4n) is 11.7. The van der Waals surface area contributed by atoms with Gasteiger partial charge in [0.2, 0.25) is 0 Å². The zero-order valence-electron chi connectivity index (χ0n) is 36.5. The van der Waals surface area contributed by atoms with Gasteiger partial charge in [0.25, 0.3) is 0 Å². The number of benzene rings is 10. The van der Waals surface area contributed by atoms with Crippen LogP contribution in [0.25, 0.3) is 66.8 Å². The predicted molar refractivity (Wildman–Crippen MR) is 271 cm³/mol. The molecule has 0 aliphatic heterocycles. The summed E-state index contributed by atoms with van der Waals surface area (Å²) in [5.41, 5.74) is 26.0. The van der Waals surface area contributed by atoms with Crippen LogP contribution in [0.3, 0.4) is 0 Å². The van der Waals surface area contributed by atoms with Gasteiger partial charge in [0.05, 0.1) is 5.41 Å². The molecule has 1 spiro atoms. The van der Waals surface area contributed by atoms with E-state index >= 15 is 0 Å². The lowest BCUT2D eigenvalue weighted by molar-refractivity contribution is 0.660. The predicted octanol–water partition coefficient (Wildman–Crippen LogP) is 16.8. The quantitative estimate of drug-likeness (QED) is 0.161. The molecule has 0 aromatic heterocycles. The Hall–Kier alpha value is -8.00. The van der Waals surface area contributed by atoms with Crippen molar-refractivity contribution in [1.29, 1.82) is 0 Å². The molecule has 0 fully saturated rings. The lowest BCUT2D eigenvalue weighted by atomic mass is 9.70. The molecule has 65 heavy (non-hydrogen) atoms. The van der Waals surface area contributed by atoms with Crippen LogP contribution < -0.4 is 4.90 Å². The van der Waals surface area contributed by atoms with Gasteiger partial charge in [0.1, 0.15) is 0 Å². The molecule has 3 aliphatic rings. The van der Waals surface area contributed by atoms with E-state index in [1.807, 2.05) is 0 Å². The minimum atomic E-state index is -0.500. The van der Waals surface area contributed by atoms with Crippen LogP contribution in [-0.2, 0) is 10.8 Å². The van der Waals surface area contributed by atoms with Crippen LogP contribution in [0.4, 0.5) is 17.1 Å². The molecule has 0 bridgehead atoms. The molecule has 306 valence electrons. The molecule has 10 aromatic rings. The first kappa shape index (κ1) is 37.5. The molecule has 13 rings (SSSR count). The lowest BCUT2D eigenvalue weighted by Gasteiger charge is -2.32. The van der Waals surface area contributed by atoms with Crippen molar-refractivity contribution < 1.29 is 0 Å². The van der Waals surface area contributed by atoms with Gasteiger partial charge in [-0.25, -0.2) is 0 Å². The highest BCUT2D eigenvalue weighted by Crippen LogP contribution is 2.65. The van der Waals surface area contributed by atoms with Gasteiger partial charge >= 0.3 is 0 Å². The number of nitrogens with zero attached hydrogens (tertiary/aromatic N) is 1. The lowest BCUT2D eigenvalue weighted by Crippen LogP contribution is -2.26. The van der Waals surface area contributed by atoms with Crippen molar-refractivity contribution >= 4 is 17.1 Å². The van der Waals surface area contributed by atoms with E-state index in [9.17, 15) is 0 Å². The molecule has 10 aromatic carbocycles. The molecule has 0 N–H and O–H groups in total. The zero-order valence-corrected chi connectivity index (χ0v) is 36.5. The Balaban J connectivity index is 1.04. The van der Waals surface area contributed by atoms with Gasteiger partial charge in [-0.05, 0) is 143 Å². The van der Waals surface area contributed by atoms with Gasteiger partial charge in [-0.3, -0.25) is 0 Å². The largest absolute Gasteiger partial charge is 0.310 e. The standard InChI is InChI=1S/C64H45N/c1-63(2)59-39-46(43-19-8-4-9-20-43)31-36-53(59)54-37-34-48(40-60(54)63)65(47-32-29-44(30-33-47)42-17-6-3-7-18-42)49-35-38-55-61(41-49)64(56-26-14-12-23-51(56)52-24-13-15-27-57(52)64)58-28-16-25-50(62(55)58)45-21-10-5-11-22-45/h3-41H,1-2H3. The number of hydrogen-bond donors (Lipinski definition) is 0. The van der Waals surface area contributed by atoms with Crippen molar-refractivity contribution in [2.75, 3.05) is 4.90 Å². The molecule has 0 saturated heterocycles. The third kappa shape index (κ3) is 5.46. The fourth-order valence-corrected chi connectivity index (χ4v) is 11.7. The summed E-state index contributed by atoms with van der Waals surface area (Å²) < 4.78 is 0. The average Bonchev–Trinajstić information content (AvgIpc) is 3.93. The van der Waals surface area contributed by atoms with Gasteiger partial charge in [-0.2, -0.15) is 0 Å². The topological polar surface area (TPSA) is 3.24 Å². The second-order valence-electron chi connectivity index (χ2n) is 18.4. The molecule has 0 saturated carbocycles. The number of fused-ring (bicyclic) bond motifs is 13. The molecular weight excluding hydrogens is 783 g/mol. The Morgan fingerprint density at radius 1 is 0.262 bits per heavy atom. The first-order valence-corrected chi connectivity index (χ1v) is 22.8. The Kier molecular flexibility index (Phi) is 8.24. The third-order valence-corrected chi connectivity index (χ3v) is 14.7. The van der Waals surface area contributed by atoms with Crippen LogP contribution in [0.1, 0.15) is 47.2 Å². The van der Waals surface area contributed by atoms with Gasteiger partial charge in [-0.15, -0.1) is 0 Å². The second kappa shape index (κ2) is 14.3. The maximum Gasteiger partial charge on any atom is 0.0726 e. The van der Waals surface area contributed by atoms with Crippen LogP contribution in [0.2, 0.25) is 0 Å². The molecule has 0 unspecified atom stereocenters. The van der Waals surface area contributed by atoms with Crippen molar-refractivity contribution in [2.45, 2.75) is 24.7 Å². The summed E-state index contributed by atoms with van der Waals surface area (Å²) in [4.78, 5) is 2.49. The Morgan fingerprint density at radius 3 is 1.31 bits per heavy atom. The summed E-state index contributed by atoms with van der Waals surface area (Å²) in [7, 11) is 0. The van der Waals surface area contributed by atoms with Gasteiger partial charge in [-0.1, -0.05) is 208 Å². The molecule has 3 aliphatic carbocycles. The van der Waals surface area contributed by atoms with Crippen LogP contribution in [0.5, 0.6) is 0 Å². The summed E-state index contributed by atoms with van der Waals surface area (Å²) in [6.45, 7) is 4.79. The molecule has 0 heterocycles. The fraction of sp³-hybridized carbons (Fsp3) is 0.0625. The van der Waals surface area contributed by atoms with Crippen molar-refractivity contribution in [3.63, 3.8) is 0 Å². The number of anilines is 3. The monoisotopic (exact) mass is 827 g/mol. The van der Waals surface area contributed by atoms with Gasteiger partial charge in [0.15, 0.2) is 0 Å².